The van der Waals surface area contributed by atoms with E-state index in [0.717, 1.165) is 11.5 Å². The molecule has 1 nitrogen and oxygen atoms in total. The van der Waals surface area contributed by atoms with Gasteiger partial charge in [0.25, 0.3) is 0 Å². The van der Waals surface area contributed by atoms with Crippen molar-refractivity contribution in [3.8, 4) is 11.5 Å². The average Bonchev–Trinajstić information content (AvgIpc) is 3.04. The summed E-state index contributed by atoms with van der Waals surface area (Å²) < 4.78 is 6.51. The fourth-order valence-electron chi connectivity index (χ4n) is 8.66. The molecular weight excluding hydrogens is 544 g/mol. The summed E-state index contributed by atoms with van der Waals surface area (Å²) in [6.07, 6.45) is 0. The second kappa shape index (κ2) is 10.8. The molecule has 230 valence electrons. The average molecular weight is 593 g/mol. The van der Waals surface area contributed by atoms with Crippen LogP contribution in [0, 0.1) is 69.2 Å². The molecule has 0 amide bonds. The molecule has 0 aliphatic carbocycles. The highest BCUT2D eigenvalue weighted by Gasteiger charge is 2.35. The van der Waals surface area contributed by atoms with Gasteiger partial charge in [-0.2, -0.15) is 0 Å². The van der Waals surface area contributed by atoms with Crippen molar-refractivity contribution in [1.82, 2.24) is 0 Å². The van der Waals surface area contributed by atoms with Gasteiger partial charge in [0.05, 0.1) is 5.39 Å². The molecule has 0 atom stereocenters. The van der Waals surface area contributed by atoms with Gasteiger partial charge in [-0.25, -0.2) is 0 Å². The van der Waals surface area contributed by atoms with Crippen LogP contribution in [0.15, 0.2) is 36.4 Å². The first-order valence-electron chi connectivity index (χ1n) is 16.9. The van der Waals surface area contributed by atoms with Gasteiger partial charge in [-0.1, -0.05) is 64.1 Å². The summed E-state index contributed by atoms with van der Waals surface area (Å²) in [5.41, 5.74) is 14.0. The predicted molar refractivity (Wildman–Crippen MR) is 202 cm³/mol. The van der Waals surface area contributed by atoms with Crippen molar-refractivity contribution in [3.63, 3.8) is 0 Å². The summed E-state index contributed by atoms with van der Waals surface area (Å²) in [5, 5.41) is 17.5. The summed E-state index contributed by atoms with van der Waals surface area (Å²) in [5.74, 6) is 2.21. The normalized spacial score (nSPS) is 12.0. The Morgan fingerprint density at radius 1 is 0.244 bits per heavy atom. The lowest BCUT2D eigenvalue weighted by atomic mass is 9.73. The van der Waals surface area contributed by atoms with E-state index in [1.165, 1.54) is 120 Å². The Hall–Kier alpha value is -4.10. The van der Waals surface area contributed by atoms with Crippen molar-refractivity contribution in [1.29, 1.82) is 0 Å². The molecule has 45 heavy (non-hydrogen) atoms. The summed E-state index contributed by atoms with van der Waals surface area (Å²) in [4.78, 5) is 0. The summed E-state index contributed by atoms with van der Waals surface area (Å²) in [6.45, 7) is 31.3. The fraction of sp³-hybridized carbons (Fsp3) is 0.318. The number of rotatable bonds is 0. The molecule has 8 aromatic carbocycles. The van der Waals surface area contributed by atoms with Gasteiger partial charge >= 0.3 is 0 Å². The van der Waals surface area contributed by atoms with E-state index in [1.54, 1.807) is 0 Å². The Bertz CT molecular complexity index is 2210. The van der Waals surface area contributed by atoms with Crippen LogP contribution in [0.4, 0.5) is 0 Å². The highest BCUT2D eigenvalue weighted by Crippen LogP contribution is 2.62. The van der Waals surface area contributed by atoms with Crippen molar-refractivity contribution >= 4 is 64.6 Å². The third-order valence-corrected chi connectivity index (χ3v) is 11.0. The van der Waals surface area contributed by atoms with Gasteiger partial charge in [-0.05, 0) is 168 Å². The van der Waals surface area contributed by atoms with E-state index in [2.05, 4.69) is 69.2 Å². The molecule has 9 rings (SSSR count). The van der Waals surface area contributed by atoms with Crippen LogP contribution in [-0.2, 0) is 0 Å². The van der Waals surface area contributed by atoms with Crippen LogP contribution in [0.3, 0.4) is 0 Å². The minimum absolute atomic E-state index is 1.10. The summed E-state index contributed by atoms with van der Waals surface area (Å²) in [6, 6.07) is 12.0. The van der Waals surface area contributed by atoms with Crippen molar-refractivity contribution in [2.24, 2.45) is 0 Å². The first-order valence-corrected chi connectivity index (χ1v) is 16.9. The molecule has 0 fully saturated rings. The van der Waals surface area contributed by atoms with Gasteiger partial charge in [-0.3, -0.25) is 0 Å². The van der Waals surface area contributed by atoms with E-state index in [-0.39, 0.29) is 0 Å². The van der Waals surface area contributed by atoms with Gasteiger partial charge < -0.3 is 4.74 Å². The van der Waals surface area contributed by atoms with Gasteiger partial charge in [0.2, 0.25) is 0 Å². The number of aryl methyl sites for hydroxylation is 10. The van der Waals surface area contributed by atoms with Crippen LogP contribution in [0.2, 0.25) is 0 Å². The Labute approximate surface area is 269 Å². The molecule has 1 heteroatoms. The third kappa shape index (κ3) is 3.62. The molecule has 0 aromatic heterocycles. The Balaban J connectivity index is 0.000000314. The predicted octanol–water partition coefficient (Wildman–Crippen LogP) is 13.8. The SMILES string of the molecule is CC.CC.Cc1c(C)c2c(C)c(C)c3c(C)c4c5c(c(C)c6c(C)c(C)c7c(C)c(C)c1c1c2c3c5c6c71)O4.c1ccccc1. The molecule has 0 unspecified atom stereocenters. The van der Waals surface area contributed by atoms with E-state index in [4.69, 9.17) is 4.74 Å². The zero-order valence-corrected chi connectivity index (χ0v) is 29.9. The van der Waals surface area contributed by atoms with E-state index in [0.29, 0.717) is 0 Å². The van der Waals surface area contributed by atoms with E-state index in [9.17, 15) is 0 Å². The lowest BCUT2D eigenvalue weighted by molar-refractivity contribution is 0.456. The molecule has 0 spiro atoms. The van der Waals surface area contributed by atoms with Crippen LogP contribution < -0.4 is 4.74 Å². The largest absolute Gasteiger partial charge is 0.455 e. The molecule has 0 saturated carbocycles. The maximum absolute atomic E-state index is 6.51. The summed E-state index contributed by atoms with van der Waals surface area (Å²) in [7, 11) is 0. The Morgan fingerprint density at radius 2 is 0.422 bits per heavy atom. The van der Waals surface area contributed by atoms with E-state index >= 15 is 0 Å². The fourth-order valence-corrected chi connectivity index (χ4v) is 8.66. The molecule has 0 radical (unpaired) electrons. The number of benzene rings is 8. The lowest BCUT2D eigenvalue weighted by Gasteiger charge is -2.34. The first-order chi connectivity index (χ1) is 21.6. The molecular formula is C44H48O. The van der Waals surface area contributed by atoms with Crippen molar-refractivity contribution in [2.75, 3.05) is 0 Å². The van der Waals surface area contributed by atoms with Crippen LogP contribution >= 0.6 is 0 Å². The minimum atomic E-state index is 1.10. The van der Waals surface area contributed by atoms with Crippen LogP contribution in [0.5, 0.6) is 11.5 Å². The summed E-state index contributed by atoms with van der Waals surface area (Å²) >= 11 is 0. The van der Waals surface area contributed by atoms with Crippen LogP contribution in [0.1, 0.15) is 83.3 Å². The molecule has 8 aromatic rings. The molecule has 1 heterocycles. The molecule has 0 N–H and O–H groups in total. The standard InChI is InChI=1S/C34H30O.C6H6.2C2H6/c1-11-13(3)22-15(5)17(7)24-19(9)33-32-31-29(24)27(22)26-21(11)12(2)14(4)23-16(6)18(8)25(30(31)28(23)26)20(10)34(32)35-33;1-2-4-6-5-3-1;2*1-2/h1-10H3;1-6H;2*1-2H3. The molecule has 0 saturated heterocycles. The highest BCUT2D eigenvalue weighted by molar-refractivity contribution is 6.48. The van der Waals surface area contributed by atoms with Gasteiger partial charge in [0, 0.05) is 16.5 Å². The number of ether oxygens (including phenoxy) is 1. The zero-order valence-electron chi connectivity index (χ0n) is 29.9. The highest BCUT2D eigenvalue weighted by atomic mass is 16.5. The van der Waals surface area contributed by atoms with Crippen LogP contribution in [-0.4, -0.2) is 0 Å². The molecule has 1 aliphatic rings. The second-order valence-corrected chi connectivity index (χ2v) is 12.7. The molecule has 1 aliphatic heterocycles. The van der Waals surface area contributed by atoms with E-state index in [1.807, 2.05) is 64.1 Å². The van der Waals surface area contributed by atoms with Crippen molar-refractivity contribution in [2.45, 2.75) is 96.9 Å². The zero-order chi connectivity index (χ0) is 32.8. The second-order valence-electron chi connectivity index (χ2n) is 12.7. The Morgan fingerprint density at radius 3 is 0.644 bits per heavy atom. The maximum Gasteiger partial charge on any atom is 0.142 e. The van der Waals surface area contributed by atoms with Crippen LogP contribution in [0.25, 0.3) is 64.6 Å². The number of hydrogen-bond acceptors (Lipinski definition) is 1. The first kappa shape index (κ1) is 30.9. The number of hydrogen-bond donors (Lipinski definition) is 0. The van der Waals surface area contributed by atoms with Gasteiger partial charge in [0.15, 0.2) is 0 Å². The third-order valence-electron chi connectivity index (χ3n) is 11.0. The monoisotopic (exact) mass is 592 g/mol. The smallest absolute Gasteiger partial charge is 0.142 e. The quantitative estimate of drug-likeness (QED) is 0.126. The molecule has 0 bridgehead atoms. The van der Waals surface area contributed by atoms with Crippen molar-refractivity contribution in [3.05, 3.63) is 92.0 Å². The Kier molecular flexibility index (Phi) is 7.39. The lowest BCUT2D eigenvalue weighted by Crippen LogP contribution is -2.10. The topological polar surface area (TPSA) is 9.23 Å². The van der Waals surface area contributed by atoms with E-state index < -0.39 is 0 Å². The van der Waals surface area contributed by atoms with Gasteiger partial charge in [0.1, 0.15) is 11.5 Å². The maximum atomic E-state index is 6.51. The minimum Gasteiger partial charge on any atom is -0.455 e. The van der Waals surface area contributed by atoms with Crippen molar-refractivity contribution < 1.29 is 4.74 Å². The van der Waals surface area contributed by atoms with Gasteiger partial charge in [-0.15, -0.1) is 0 Å².